The van der Waals surface area contributed by atoms with Crippen LogP contribution < -0.4 is 20.1 Å². The average Bonchev–Trinajstić information content (AvgIpc) is 3.53. The highest BCUT2D eigenvalue weighted by Gasteiger charge is 2.22. The van der Waals surface area contributed by atoms with Crippen molar-refractivity contribution in [2.24, 2.45) is 10.9 Å². The quantitative estimate of drug-likeness (QED) is 0.541. The van der Waals surface area contributed by atoms with Crippen LogP contribution in [-0.2, 0) is 13.1 Å². The molecule has 0 spiro atoms. The van der Waals surface area contributed by atoms with Gasteiger partial charge in [-0.25, -0.2) is 0 Å². The van der Waals surface area contributed by atoms with Gasteiger partial charge in [-0.05, 0) is 38.7 Å². The van der Waals surface area contributed by atoms with Gasteiger partial charge in [-0.3, -0.25) is 9.98 Å². The first kappa shape index (κ1) is 20.0. The Kier molecular flexibility index (Phi) is 6.74. The fourth-order valence-electron chi connectivity index (χ4n) is 3.10. The highest BCUT2D eigenvalue weighted by molar-refractivity contribution is 5.79. The second kappa shape index (κ2) is 9.44. The molecule has 6 nitrogen and oxygen atoms in total. The molecule has 0 bridgehead atoms. The zero-order valence-corrected chi connectivity index (χ0v) is 17.2. The normalized spacial score (nSPS) is 13.9. The summed E-state index contributed by atoms with van der Waals surface area (Å²) >= 11 is 0. The number of pyridine rings is 1. The predicted molar refractivity (Wildman–Crippen MR) is 112 cm³/mol. The Hall–Kier alpha value is -2.76. The van der Waals surface area contributed by atoms with Crippen molar-refractivity contribution in [1.29, 1.82) is 0 Å². The molecule has 2 aromatic rings. The number of para-hydroxylation sites is 1. The molecule has 1 heterocycles. The van der Waals surface area contributed by atoms with Crippen LogP contribution in [0.1, 0.15) is 35.2 Å². The fraction of sp³-hybridized carbons (Fsp3) is 0.455. The standard InChI is InChI=1S/C22H30N4O2/c1-15-11-24-19(16(2)21(15)27-4)13-26-22(23-3)25-12-18-7-5-6-8-20(18)28-14-17-9-10-17/h5-8,11,17H,9-10,12-14H2,1-4H3,(H2,23,25,26). The number of hydrogen-bond donors (Lipinski definition) is 2. The third kappa shape index (κ3) is 5.15. The molecule has 0 saturated heterocycles. The van der Waals surface area contributed by atoms with E-state index in [1.165, 1.54) is 12.8 Å². The molecule has 1 fully saturated rings. The largest absolute Gasteiger partial charge is 0.496 e. The minimum absolute atomic E-state index is 0.571. The lowest BCUT2D eigenvalue weighted by Crippen LogP contribution is -2.36. The van der Waals surface area contributed by atoms with Crippen LogP contribution in [0.5, 0.6) is 11.5 Å². The molecular formula is C22H30N4O2. The number of hydrogen-bond acceptors (Lipinski definition) is 4. The molecule has 0 aliphatic heterocycles. The zero-order chi connectivity index (χ0) is 19.9. The zero-order valence-electron chi connectivity index (χ0n) is 17.2. The number of rotatable bonds is 8. The second-order valence-corrected chi connectivity index (χ2v) is 7.19. The number of aromatic nitrogens is 1. The first-order valence-electron chi connectivity index (χ1n) is 9.76. The maximum Gasteiger partial charge on any atom is 0.191 e. The molecule has 1 aliphatic carbocycles. The monoisotopic (exact) mass is 382 g/mol. The summed E-state index contributed by atoms with van der Waals surface area (Å²) in [6, 6.07) is 8.15. The predicted octanol–water partition coefficient (Wildman–Crippen LogP) is 3.36. The van der Waals surface area contributed by atoms with Crippen LogP contribution in [-0.4, -0.2) is 31.7 Å². The van der Waals surface area contributed by atoms with E-state index in [4.69, 9.17) is 9.47 Å². The maximum absolute atomic E-state index is 5.98. The molecule has 2 N–H and O–H groups in total. The summed E-state index contributed by atoms with van der Waals surface area (Å²) < 4.78 is 11.5. The first-order chi connectivity index (χ1) is 13.6. The van der Waals surface area contributed by atoms with Gasteiger partial charge in [0.2, 0.25) is 0 Å². The molecule has 3 rings (SSSR count). The van der Waals surface area contributed by atoms with Crippen LogP contribution in [0.2, 0.25) is 0 Å². The topological polar surface area (TPSA) is 67.8 Å². The number of nitrogens with one attached hydrogen (secondary N) is 2. The Balaban J connectivity index is 1.57. The molecule has 28 heavy (non-hydrogen) atoms. The van der Waals surface area contributed by atoms with Crippen molar-refractivity contribution in [3.05, 3.63) is 52.8 Å². The van der Waals surface area contributed by atoms with E-state index < -0.39 is 0 Å². The van der Waals surface area contributed by atoms with Gasteiger partial charge in [0.05, 0.1) is 26.0 Å². The Morgan fingerprint density at radius 1 is 1.18 bits per heavy atom. The fourth-order valence-corrected chi connectivity index (χ4v) is 3.10. The van der Waals surface area contributed by atoms with Gasteiger partial charge in [-0.1, -0.05) is 18.2 Å². The highest BCUT2D eigenvalue weighted by Crippen LogP contribution is 2.30. The van der Waals surface area contributed by atoms with Crippen LogP contribution in [0.3, 0.4) is 0 Å². The Morgan fingerprint density at radius 2 is 1.93 bits per heavy atom. The van der Waals surface area contributed by atoms with Crippen molar-refractivity contribution >= 4 is 5.96 Å². The molecule has 1 aliphatic rings. The lowest BCUT2D eigenvalue weighted by Gasteiger charge is -2.16. The van der Waals surface area contributed by atoms with Gasteiger partial charge in [0.25, 0.3) is 0 Å². The number of guanidine groups is 1. The molecule has 0 atom stereocenters. The molecule has 0 radical (unpaired) electrons. The van der Waals surface area contributed by atoms with Gasteiger partial charge in [0.15, 0.2) is 5.96 Å². The van der Waals surface area contributed by atoms with Crippen molar-refractivity contribution < 1.29 is 9.47 Å². The smallest absolute Gasteiger partial charge is 0.191 e. The summed E-state index contributed by atoms with van der Waals surface area (Å²) in [6.07, 6.45) is 4.41. The van der Waals surface area contributed by atoms with Crippen molar-refractivity contribution in [1.82, 2.24) is 15.6 Å². The number of aliphatic imine (C=N–C) groups is 1. The van der Waals surface area contributed by atoms with E-state index in [1.54, 1.807) is 14.2 Å². The molecule has 0 amide bonds. The SMILES string of the molecule is CN=C(NCc1ccccc1OCC1CC1)NCc1ncc(C)c(OC)c1C. The van der Waals surface area contributed by atoms with E-state index in [9.17, 15) is 0 Å². The molecular weight excluding hydrogens is 352 g/mol. The maximum atomic E-state index is 5.98. The van der Waals surface area contributed by atoms with Crippen LogP contribution in [0, 0.1) is 19.8 Å². The minimum atomic E-state index is 0.571. The van der Waals surface area contributed by atoms with Gasteiger partial charge in [0.1, 0.15) is 11.5 Å². The van der Waals surface area contributed by atoms with Crippen molar-refractivity contribution in [2.75, 3.05) is 20.8 Å². The van der Waals surface area contributed by atoms with E-state index in [0.717, 1.165) is 52.4 Å². The molecule has 1 aromatic heterocycles. The molecule has 0 unspecified atom stereocenters. The number of methoxy groups -OCH3 is 1. The summed E-state index contributed by atoms with van der Waals surface area (Å²) in [5, 5.41) is 6.69. The third-order valence-electron chi connectivity index (χ3n) is 4.99. The Labute approximate surface area is 167 Å². The summed E-state index contributed by atoms with van der Waals surface area (Å²) in [5.41, 5.74) is 4.15. The Bertz CT molecular complexity index is 831. The molecule has 6 heteroatoms. The summed E-state index contributed by atoms with van der Waals surface area (Å²) in [4.78, 5) is 8.84. The van der Waals surface area contributed by atoms with Crippen LogP contribution >= 0.6 is 0 Å². The van der Waals surface area contributed by atoms with Crippen LogP contribution in [0.15, 0.2) is 35.5 Å². The van der Waals surface area contributed by atoms with E-state index in [2.05, 4.69) is 26.7 Å². The Morgan fingerprint density at radius 3 is 2.64 bits per heavy atom. The third-order valence-corrected chi connectivity index (χ3v) is 4.99. The lowest BCUT2D eigenvalue weighted by atomic mass is 10.1. The van der Waals surface area contributed by atoms with Gasteiger partial charge in [0, 0.05) is 36.5 Å². The highest BCUT2D eigenvalue weighted by atomic mass is 16.5. The number of aryl methyl sites for hydroxylation is 1. The molecule has 1 saturated carbocycles. The second-order valence-electron chi connectivity index (χ2n) is 7.19. The first-order valence-corrected chi connectivity index (χ1v) is 9.76. The van der Waals surface area contributed by atoms with Gasteiger partial charge in [-0.2, -0.15) is 0 Å². The van der Waals surface area contributed by atoms with Gasteiger partial charge in [-0.15, -0.1) is 0 Å². The van der Waals surface area contributed by atoms with E-state index in [1.807, 2.05) is 38.2 Å². The summed E-state index contributed by atoms with van der Waals surface area (Å²) in [7, 11) is 3.45. The average molecular weight is 383 g/mol. The number of ether oxygens (including phenoxy) is 2. The van der Waals surface area contributed by atoms with Crippen molar-refractivity contribution in [3.8, 4) is 11.5 Å². The molecule has 1 aromatic carbocycles. The summed E-state index contributed by atoms with van der Waals surface area (Å²) in [6.45, 7) is 6.05. The van der Waals surface area contributed by atoms with E-state index in [0.29, 0.717) is 13.1 Å². The van der Waals surface area contributed by atoms with E-state index >= 15 is 0 Å². The number of nitrogens with zero attached hydrogens (tertiary/aromatic N) is 2. The summed E-state index contributed by atoms with van der Waals surface area (Å²) in [5.74, 6) is 3.28. The van der Waals surface area contributed by atoms with E-state index in [-0.39, 0.29) is 0 Å². The number of benzene rings is 1. The van der Waals surface area contributed by atoms with Crippen molar-refractivity contribution in [2.45, 2.75) is 39.8 Å². The van der Waals surface area contributed by atoms with Crippen LogP contribution in [0.4, 0.5) is 0 Å². The van der Waals surface area contributed by atoms with Crippen LogP contribution in [0.25, 0.3) is 0 Å². The van der Waals surface area contributed by atoms with Gasteiger partial charge >= 0.3 is 0 Å². The van der Waals surface area contributed by atoms with Crippen molar-refractivity contribution in [3.63, 3.8) is 0 Å². The lowest BCUT2D eigenvalue weighted by molar-refractivity contribution is 0.296. The molecule has 150 valence electrons. The van der Waals surface area contributed by atoms with Gasteiger partial charge < -0.3 is 20.1 Å². The minimum Gasteiger partial charge on any atom is -0.496 e.